The molecular formula is C26H30N2O3. The predicted octanol–water partition coefficient (Wildman–Crippen LogP) is 3.45. The van der Waals surface area contributed by atoms with Gasteiger partial charge in [-0.2, -0.15) is 0 Å². The summed E-state index contributed by atoms with van der Waals surface area (Å²) in [6.45, 7) is 7.30. The van der Waals surface area contributed by atoms with Crippen molar-refractivity contribution in [2.24, 2.45) is 11.8 Å². The number of amides is 2. The lowest BCUT2D eigenvalue weighted by Gasteiger charge is -2.42. The van der Waals surface area contributed by atoms with Crippen molar-refractivity contribution in [3.8, 4) is 11.1 Å². The summed E-state index contributed by atoms with van der Waals surface area (Å²) in [5.74, 6) is 0.464. The SMILES string of the molecule is C=CCNC(=O)C1(Cc2ccccc2-c2ccccc2)CN(C(=O)C2CC2C)CCO1. The fraction of sp³-hybridized carbons (Fsp3) is 0.385. The fourth-order valence-electron chi connectivity index (χ4n) is 4.40. The zero-order valence-corrected chi connectivity index (χ0v) is 18.0. The van der Waals surface area contributed by atoms with Gasteiger partial charge in [-0.3, -0.25) is 9.59 Å². The fourth-order valence-corrected chi connectivity index (χ4v) is 4.40. The molecule has 0 aromatic heterocycles. The number of benzene rings is 2. The van der Waals surface area contributed by atoms with Gasteiger partial charge in [0.05, 0.1) is 13.2 Å². The van der Waals surface area contributed by atoms with Crippen LogP contribution in [0, 0.1) is 11.8 Å². The van der Waals surface area contributed by atoms with Gasteiger partial charge < -0.3 is 15.0 Å². The molecule has 3 unspecified atom stereocenters. The Labute approximate surface area is 184 Å². The molecule has 2 fully saturated rings. The van der Waals surface area contributed by atoms with E-state index in [1.54, 1.807) is 6.08 Å². The molecule has 2 amide bonds. The molecule has 1 saturated carbocycles. The maximum absolute atomic E-state index is 13.3. The first kappa shape index (κ1) is 21.3. The van der Waals surface area contributed by atoms with E-state index in [1.807, 2.05) is 41.3 Å². The van der Waals surface area contributed by atoms with Crippen molar-refractivity contribution in [2.45, 2.75) is 25.4 Å². The summed E-state index contributed by atoms with van der Waals surface area (Å²) in [5, 5.41) is 2.92. The zero-order valence-electron chi connectivity index (χ0n) is 18.0. The van der Waals surface area contributed by atoms with Gasteiger partial charge in [0, 0.05) is 25.4 Å². The van der Waals surface area contributed by atoms with Crippen molar-refractivity contribution in [3.05, 3.63) is 72.8 Å². The van der Waals surface area contributed by atoms with Gasteiger partial charge in [0.2, 0.25) is 5.91 Å². The van der Waals surface area contributed by atoms with E-state index in [-0.39, 0.29) is 24.3 Å². The summed E-state index contributed by atoms with van der Waals surface area (Å²) < 4.78 is 6.19. The van der Waals surface area contributed by atoms with Crippen LogP contribution >= 0.6 is 0 Å². The molecule has 1 heterocycles. The molecule has 5 nitrogen and oxygen atoms in total. The Hall–Kier alpha value is -2.92. The van der Waals surface area contributed by atoms with E-state index in [2.05, 4.69) is 37.0 Å². The van der Waals surface area contributed by atoms with Gasteiger partial charge in [-0.1, -0.05) is 67.6 Å². The third-order valence-electron chi connectivity index (χ3n) is 6.32. The Morgan fingerprint density at radius 2 is 1.90 bits per heavy atom. The highest BCUT2D eigenvalue weighted by molar-refractivity contribution is 5.88. The minimum atomic E-state index is -1.13. The molecule has 1 saturated heterocycles. The summed E-state index contributed by atoms with van der Waals surface area (Å²) in [6.07, 6.45) is 2.98. The van der Waals surface area contributed by atoms with Crippen LogP contribution in [0.5, 0.6) is 0 Å². The number of carbonyl (C=O) groups is 2. The summed E-state index contributed by atoms with van der Waals surface area (Å²) in [6, 6.07) is 18.2. The smallest absolute Gasteiger partial charge is 0.254 e. The highest BCUT2D eigenvalue weighted by atomic mass is 16.5. The molecule has 1 aliphatic carbocycles. The second-order valence-electron chi connectivity index (χ2n) is 8.62. The largest absolute Gasteiger partial charge is 0.361 e. The molecule has 0 radical (unpaired) electrons. The van der Waals surface area contributed by atoms with Gasteiger partial charge in [0.25, 0.3) is 5.91 Å². The Balaban J connectivity index is 1.66. The minimum Gasteiger partial charge on any atom is -0.361 e. The molecule has 162 valence electrons. The number of nitrogens with one attached hydrogen (secondary N) is 1. The molecule has 2 aliphatic rings. The summed E-state index contributed by atoms with van der Waals surface area (Å²) >= 11 is 0. The van der Waals surface area contributed by atoms with Gasteiger partial charge in [-0.05, 0) is 29.0 Å². The first-order chi connectivity index (χ1) is 15.0. The van der Waals surface area contributed by atoms with Crippen LogP contribution in [-0.2, 0) is 20.7 Å². The molecule has 2 aromatic rings. The standard InChI is InChI=1S/C26H30N2O3/c1-3-13-27-25(30)26(18-28(14-15-31-26)24(29)23-16-19(23)2)17-21-11-7-8-12-22(21)20-9-5-4-6-10-20/h3-12,19,23H,1,13-18H2,2H3,(H,27,30). The van der Waals surface area contributed by atoms with Crippen molar-refractivity contribution in [1.29, 1.82) is 0 Å². The molecule has 31 heavy (non-hydrogen) atoms. The van der Waals surface area contributed by atoms with Crippen LogP contribution in [-0.4, -0.2) is 48.6 Å². The van der Waals surface area contributed by atoms with Crippen LogP contribution in [0.1, 0.15) is 18.9 Å². The third-order valence-corrected chi connectivity index (χ3v) is 6.32. The molecule has 5 heteroatoms. The Morgan fingerprint density at radius 1 is 1.19 bits per heavy atom. The van der Waals surface area contributed by atoms with E-state index in [9.17, 15) is 9.59 Å². The van der Waals surface area contributed by atoms with Crippen LogP contribution < -0.4 is 5.32 Å². The quantitative estimate of drug-likeness (QED) is 0.701. The third kappa shape index (κ3) is 4.57. The normalized spacial score (nSPS) is 25.0. The summed E-state index contributed by atoms with van der Waals surface area (Å²) in [4.78, 5) is 28.1. The zero-order chi connectivity index (χ0) is 21.8. The van der Waals surface area contributed by atoms with Crippen LogP contribution in [0.4, 0.5) is 0 Å². The van der Waals surface area contributed by atoms with E-state index in [0.717, 1.165) is 23.1 Å². The Kier molecular flexibility index (Phi) is 6.23. The molecule has 3 atom stereocenters. The maximum atomic E-state index is 13.3. The van der Waals surface area contributed by atoms with Crippen molar-refractivity contribution in [3.63, 3.8) is 0 Å². The van der Waals surface area contributed by atoms with E-state index in [1.165, 1.54) is 0 Å². The van der Waals surface area contributed by atoms with Crippen molar-refractivity contribution in [2.75, 3.05) is 26.2 Å². The second-order valence-corrected chi connectivity index (χ2v) is 8.62. The molecular weight excluding hydrogens is 388 g/mol. The lowest BCUT2D eigenvalue weighted by atomic mass is 9.87. The lowest BCUT2D eigenvalue weighted by Crippen LogP contribution is -2.62. The first-order valence-corrected chi connectivity index (χ1v) is 11.0. The van der Waals surface area contributed by atoms with Crippen molar-refractivity contribution in [1.82, 2.24) is 10.2 Å². The monoisotopic (exact) mass is 418 g/mol. The van der Waals surface area contributed by atoms with Crippen LogP contribution in [0.2, 0.25) is 0 Å². The number of hydrogen-bond acceptors (Lipinski definition) is 3. The molecule has 2 aromatic carbocycles. The van der Waals surface area contributed by atoms with E-state index in [0.29, 0.717) is 32.0 Å². The van der Waals surface area contributed by atoms with Gasteiger partial charge >= 0.3 is 0 Å². The number of hydrogen-bond donors (Lipinski definition) is 1. The van der Waals surface area contributed by atoms with Crippen molar-refractivity contribution < 1.29 is 14.3 Å². The highest BCUT2D eigenvalue weighted by Crippen LogP contribution is 2.40. The van der Waals surface area contributed by atoms with E-state index in [4.69, 9.17) is 4.74 Å². The number of rotatable bonds is 7. The van der Waals surface area contributed by atoms with Crippen molar-refractivity contribution >= 4 is 11.8 Å². The van der Waals surface area contributed by atoms with Crippen LogP contribution in [0.25, 0.3) is 11.1 Å². The van der Waals surface area contributed by atoms with Crippen LogP contribution in [0.3, 0.4) is 0 Å². The van der Waals surface area contributed by atoms with Gasteiger partial charge in [-0.25, -0.2) is 0 Å². The minimum absolute atomic E-state index is 0.0867. The van der Waals surface area contributed by atoms with Gasteiger partial charge in [0.1, 0.15) is 0 Å². The number of carbonyl (C=O) groups excluding carboxylic acids is 2. The second kappa shape index (κ2) is 9.06. The van der Waals surface area contributed by atoms with E-state index < -0.39 is 5.60 Å². The molecule has 0 spiro atoms. The average Bonchev–Trinajstić information content (AvgIpc) is 3.54. The number of nitrogens with zero attached hydrogens (tertiary/aromatic N) is 1. The number of morpholine rings is 1. The van der Waals surface area contributed by atoms with Gasteiger partial charge in [-0.15, -0.1) is 6.58 Å². The predicted molar refractivity (Wildman–Crippen MR) is 121 cm³/mol. The average molecular weight is 419 g/mol. The maximum Gasteiger partial charge on any atom is 0.254 e. The Morgan fingerprint density at radius 3 is 2.61 bits per heavy atom. The molecule has 1 aliphatic heterocycles. The highest BCUT2D eigenvalue weighted by Gasteiger charge is 2.49. The molecule has 4 rings (SSSR count). The lowest BCUT2D eigenvalue weighted by molar-refractivity contribution is -0.166. The topological polar surface area (TPSA) is 58.6 Å². The molecule has 0 bridgehead atoms. The van der Waals surface area contributed by atoms with Gasteiger partial charge in [0.15, 0.2) is 5.60 Å². The van der Waals surface area contributed by atoms with Crippen LogP contribution in [0.15, 0.2) is 67.3 Å². The summed E-state index contributed by atoms with van der Waals surface area (Å²) in [7, 11) is 0. The summed E-state index contributed by atoms with van der Waals surface area (Å²) in [5.41, 5.74) is 2.06. The number of ether oxygens (including phenoxy) is 1. The molecule has 1 N–H and O–H groups in total. The first-order valence-electron chi connectivity index (χ1n) is 11.0. The van der Waals surface area contributed by atoms with E-state index >= 15 is 0 Å². The Bertz CT molecular complexity index is 958.